The zero-order valence-corrected chi connectivity index (χ0v) is 17.8. The normalized spacial score (nSPS) is 20.1. The zero-order valence-electron chi connectivity index (χ0n) is 17.8. The quantitative estimate of drug-likeness (QED) is 0.281. The fourth-order valence-electron chi connectivity index (χ4n) is 3.91. The highest BCUT2D eigenvalue weighted by Gasteiger charge is 2.28. The molecular formula is C25H36O4. The van der Waals surface area contributed by atoms with Gasteiger partial charge in [-0.15, -0.1) is 0 Å². The smallest absolute Gasteiger partial charge is 0.305 e. The third-order valence-corrected chi connectivity index (χ3v) is 5.67. The number of carbonyl (C=O) groups excluding carboxylic acids is 1. The molecular weight excluding hydrogens is 364 g/mol. The Hall–Kier alpha value is -1.91. The van der Waals surface area contributed by atoms with Gasteiger partial charge in [-0.2, -0.15) is 0 Å². The monoisotopic (exact) mass is 400 g/mol. The molecule has 0 aromatic heterocycles. The van der Waals surface area contributed by atoms with Crippen molar-refractivity contribution in [3.63, 3.8) is 0 Å². The second-order valence-electron chi connectivity index (χ2n) is 7.88. The van der Waals surface area contributed by atoms with E-state index in [4.69, 9.17) is 0 Å². The van der Waals surface area contributed by atoms with Gasteiger partial charge in [0.15, 0.2) is 0 Å². The van der Waals surface area contributed by atoms with Crippen LogP contribution in [0.2, 0.25) is 0 Å². The number of esters is 1. The van der Waals surface area contributed by atoms with Crippen molar-refractivity contribution in [3.8, 4) is 0 Å². The van der Waals surface area contributed by atoms with Crippen molar-refractivity contribution in [2.24, 2.45) is 0 Å². The Balaban J connectivity index is 1.89. The lowest BCUT2D eigenvalue weighted by Gasteiger charge is -2.20. The number of unbranched alkanes of at least 4 members (excludes halogenated alkanes) is 3. The summed E-state index contributed by atoms with van der Waals surface area (Å²) >= 11 is 0. The number of hydrogen-bond acceptors (Lipinski definition) is 4. The second-order valence-corrected chi connectivity index (χ2v) is 7.88. The van der Waals surface area contributed by atoms with E-state index in [9.17, 15) is 15.0 Å². The van der Waals surface area contributed by atoms with Gasteiger partial charge in [0.2, 0.25) is 0 Å². The third kappa shape index (κ3) is 7.45. The van der Waals surface area contributed by atoms with Gasteiger partial charge in [0.05, 0.1) is 19.3 Å². The van der Waals surface area contributed by atoms with Crippen LogP contribution in [0.5, 0.6) is 0 Å². The first kappa shape index (κ1) is 23.4. The van der Waals surface area contributed by atoms with Crippen molar-refractivity contribution in [1.82, 2.24) is 0 Å². The maximum absolute atomic E-state index is 11.1. The SMILES string of the molecule is CCCCCC(O)c1ccc([C@@H]2C(C/C=C\CCCC(=O)OC)=CC[C@H]2O)cc1. The van der Waals surface area contributed by atoms with Crippen molar-refractivity contribution in [1.29, 1.82) is 0 Å². The van der Waals surface area contributed by atoms with Crippen LogP contribution in [-0.4, -0.2) is 29.4 Å². The van der Waals surface area contributed by atoms with Crippen LogP contribution in [0.15, 0.2) is 48.1 Å². The topological polar surface area (TPSA) is 66.8 Å². The summed E-state index contributed by atoms with van der Waals surface area (Å²) in [5.74, 6) is -0.153. The maximum atomic E-state index is 11.1. The molecule has 3 atom stereocenters. The Labute approximate surface area is 175 Å². The summed E-state index contributed by atoms with van der Waals surface area (Å²) < 4.78 is 4.64. The molecule has 1 aliphatic carbocycles. The number of aliphatic hydroxyl groups excluding tert-OH is 2. The van der Waals surface area contributed by atoms with E-state index >= 15 is 0 Å². The van der Waals surface area contributed by atoms with Gasteiger partial charge in [-0.05, 0) is 43.2 Å². The van der Waals surface area contributed by atoms with Crippen molar-refractivity contribution in [2.75, 3.05) is 7.11 Å². The van der Waals surface area contributed by atoms with Gasteiger partial charge in [0, 0.05) is 12.3 Å². The lowest BCUT2D eigenvalue weighted by Crippen LogP contribution is -2.14. The van der Waals surface area contributed by atoms with E-state index in [1.807, 2.05) is 24.3 Å². The Kier molecular flexibility index (Phi) is 10.2. The molecule has 0 radical (unpaired) electrons. The van der Waals surface area contributed by atoms with E-state index in [0.29, 0.717) is 12.8 Å². The first-order valence-corrected chi connectivity index (χ1v) is 10.9. The highest BCUT2D eigenvalue weighted by molar-refractivity contribution is 5.69. The molecule has 0 amide bonds. The molecule has 0 fully saturated rings. The van der Waals surface area contributed by atoms with Gasteiger partial charge in [-0.1, -0.05) is 74.3 Å². The van der Waals surface area contributed by atoms with Gasteiger partial charge in [0.25, 0.3) is 0 Å². The van der Waals surface area contributed by atoms with E-state index in [1.165, 1.54) is 12.7 Å². The molecule has 0 aliphatic heterocycles. The van der Waals surface area contributed by atoms with Gasteiger partial charge < -0.3 is 14.9 Å². The molecule has 0 saturated carbocycles. The van der Waals surface area contributed by atoms with Gasteiger partial charge in [0.1, 0.15) is 0 Å². The molecule has 0 bridgehead atoms. The van der Waals surface area contributed by atoms with Crippen molar-refractivity contribution in [3.05, 3.63) is 59.2 Å². The Morgan fingerprint density at radius 2 is 1.97 bits per heavy atom. The summed E-state index contributed by atoms with van der Waals surface area (Å²) in [6.07, 6.45) is 13.3. The third-order valence-electron chi connectivity index (χ3n) is 5.67. The molecule has 0 spiro atoms. The van der Waals surface area contributed by atoms with E-state index in [2.05, 4.69) is 29.9 Å². The van der Waals surface area contributed by atoms with E-state index in [0.717, 1.165) is 56.1 Å². The van der Waals surface area contributed by atoms with Crippen molar-refractivity contribution < 1.29 is 19.7 Å². The van der Waals surface area contributed by atoms with E-state index in [1.54, 1.807) is 0 Å². The zero-order chi connectivity index (χ0) is 21.1. The molecule has 0 saturated heterocycles. The molecule has 29 heavy (non-hydrogen) atoms. The average Bonchev–Trinajstić information content (AvgIpc) is 3.10. The number of rotatable bonds is 12. The van der Waals surface area contributed by atoms with Crippen molar-refractivity contribution in [2.45, 2.75) is 82.8 Å². The predicted molar refractivity (Wildman–Crippen MR) is 117 cm³/mol. The van der Waals surface area contributed by atoms with E-state index < -0.39 is 12.2 Å². The van der Waals surface area contributed by atoms with Crippen LogP contribution in [0, 0.1) is 0 Å². The van der Waals surface area contributed by atoms with Crippen LogP contribution in [0.3, 0.4) is 0 Å². The van der Waals surface area contributed by atoms with Crippen LogP contribution in [0.1, 0.15) is 87.9 Å². The first-order chi connectivity index (χ1) is 14.1. The summed E-state index contributed by atoms with van der Waals surface area (Å²) in [5, 5.41) is 20.8. The molecule has 1 unspecified atom stereocenters. The van der Waals surface area contributed by atoms with Crippen LogP contribution in [-0.2, 0) is 9.53 Å². The number of aliphatic hydroxyl groups is 2. The summed E-state index contributed by atoms with van der Waals surface area (Å²) in [6.45, 7) is 2.16. The van der Waals surface area contributed by atoms with Crippen LogP contribution in [0.25, 0.3) is 0 Å². The van der Waals surface area contributed by atoms with Gasteiger partial charge >= 0.3 is 5.97 Å². The number of ether oxygens (including phenoxy) is 1. The number of benzene rings is 1. The van der Waals surface area contributed by atoms with Crippen LogP contribution in [0.4, 0.5) is 0 Å². The average molecular weight is 401 g/mol. The van der Waals surface area contributed by atoms with Crippen LogP contribution >= 0.6 is 0 Å². The molecule has 2 rings (SSSR count). The minimum absolute atomic E-state index is 0.0148. The van der Waals surface area contributed by atoms with E-state index in [-0.39, 0.29) is 11.9 Å². The highest BCUT2D eigenvalue weighted by atomic mass is 16.5. The summed E-state index contributed by atoms with van der Waals surface area (Å²) in [4.78, 5) is 11.1. The second kappa shape index (κ2) is 12.6. The molecule has 1 aliphatic rings. The molecule has 4 nitrogen and oxygen atoms in total. The molecule has 4 heteroatoms. The summed E-state index contributed by atoms with van der Waals surface area (Å²) in [7, 11) is 1.41. The first-order valence-electron chi connectivity index (χ1n) is 10.9. The Morgan fingerprint density at radius 3 is 2.66 bits per heavy atom. The summed E-state index contributed by atoms with van der Waals surface area (Å²) in [5.41, 5.74) is 3.29. The largest absolute Gasteiger partial charge is 0.469 e. The number of hydrogen-bond donors (Lipinski definition) is 2. The molecule has 2 N–H and O–H groups in total. The summed E-state index contributed by atoms with van der Waals surface area (Å²) in [6, 6.07) is 8.09. The van der Waals surface area contributed by atoms with Crippen LogP contribution < -0.4 is 0 Å². The maximum Gasteiger partial charge on any atom is 0.305 e. The lowest BCUT2D eigenvalue weighted by atomic mass is 9.88. The predicted octanol–water partition coefficient (Wildman–Crippen LogP) is 5.36. The minimum atomic E-state index is -0.410. The number of allylic oxidation sites excluding steroid dienone is 2. The highest BCUT2D eigenvalue weighted by Crippen LogP contribution is 2.38. The number of carbonyl (C=O) groups is 1. The lowest BCUT2D eigenvalue weighted by molar-refractivity contribution is -0.140. The van der Waals surface area contributed by atoms with Crippen molar-refractivity contribution >= 4 is 5.97 Å². The molecule has 1 aromatic carbocycles. The Bertz CT molecular complexity index is 675. The fourth-order valence-corrected chi connectivity index (χ4v) is 3.91. The molecule has 0 heterocycles. The number of methoxy groups -OCH3 is 1. The van der Waals surface area contributed by atoms with Gasteiger partial charge in [-0.3, -0.25) is 4.79 Å². The standard InChI is InChI=1S/C25H36O4/c1-3-4-7-11-22(26)19-13-15-21(16-14-19)25-20(17-18-23(25)27)10-8-5-6-9-12-24(28)29-2/h5,8,13-17,22-23,25-27H,3-4,6-7,9-12,18H2,1-2H3/b8-5-/t22?,23-,25+/m1/s1. The molecule has 160 valence electrons. The minimum Gasteiger partial charge on any atom is -0.469 e. The molecule has 1 aromatic rings. The van der Waals surface area contributed by atoms with Gasteiger partial charge in [-0.25, -0.2) is 0 Å². The fraction of sp³-hybridized carbons (Fsp3) is 0.560. The Morgan fingerprint density at radius 1 is 1.21 bits per heavy atom.